The smallest absolute Gasteiger partial charge is 0.122 e. The maximum atomic E-state index is 5.52. The SMILES string of the molecule is CN(CCNCc1ccc2c(c1)CCO2)C1CC1. The molecule has 1 aromatic carbocycles. The fourth-order valence-electron chi connectivity index (χ4n) is 2.54. The lowest BCUT2D eigenvalue weighted by atomic mass is 10.1. The van der Waals surface area contributed by atoms with E-state index in [-0.39, 0.29) is 0 Å². The third kappa shape index (κ3) is 2.85. The van der Waals surface area contributed by atoms with Crippen molar-refractivity contribution in [2.75, 3.05) is 26.7 Å². The number of nitrogens with zero attached hydrogens (tertiary/aromatic N) is 1. The molecule has 0 aromatic heterocycles. The summed E-state index contributed by atoms with van der Waals surface area (Å²) in [5.41, 5.74) is 2.73. The van der Waals surface area contributed by atoms with Gasteiger partial charge in [0.25, 0.3) is 0 Å². The third-order valence-corrected chi connectivity index (χ3v) is 3.89. The molecule has 1 saturated carbocycles. The highest BCUT2D eigenvalue weighted by Crippen LogP contribution is 2.26. The Morgan fingerprint density at radius 3 is 3.11 bits per heavy atom. The number of rotatable bonds is 6. The van der Waals surface area contributed by atoms with Crippen LogP contribution in [0.25, 0.3) is 0 Å². The minimum atomic E-state index is 0.846. The van der Waals surface area contributed by atoms with Crippen LogP contribution in [-0.2, 0) is 13.0 Å². The van der Waals surface area contributed by atoms with Gasteiger partial charge in [-0.2, -0.15) is 0 Å². The first kappa shape index (κ1) is 12.0. The van der Waals surface area contributed by atoms with E-state index in [1.807, 2.05) is 0 Å². The van der Waals surface area contributed by atoms with Gasteiger partial charge >= 0.3 is 0 Å². The van der Waals surface area contributed by atoms with Crippen molar-refractivity contribution in [3.8, 4) is 5.75 Å². The second-order valence-corrected chi connectivity index (χ2v) is 5.43. The van der Waals surface area contributed by atoms with Crippen LogP contribution in [0.1, 0.15) is 24.0 Å². The van der Waals surface area contributed by atoms with Gasteiger partial charge in [-0.1, -0.05) is 12.1 Å². The lowest BCUT2D eigenvalue weighted by molar-refractivity contribution is 0.321. The minimum Gasteiger partial charge on any atom is -0.493 e. The summed E-state index contributed by atoms with van der Waals surface area (Å²) in [4.78, 5) is 2.46. The van der Waals surface area contributed by atoms with Crippen LogP contribution in [0.15, 0.2) is 18.2 Å². The monoisotopic (exact) mass is 246 g/mol. The fraction of sp³-hybridized carbons (Fsp3) is 0.600. The van der Waals surface area contributed by atoms with Gasteiger partial charge in [-0.05, 0) is 37.1 Å². The largest absolute Gasteiger partial charge is 0.493 e. The molecule has 1 N–H and O–H groups in total. The lowest BCUT2D eigenvalue weighted by Crippen LogP contribution is -2.30. The van der Waals surface area contributed by atoms with Gasteiger partial charge in [0.05, 0.1) is 6.61 Å². The van der Waals surface area contributed by atoms with Gasteiger partial charge in [-0.25, -0.2) is 0 Å². The number of benzene rings is 1. The molecule has 0 radical (unpaired) electrons. The normalized spacial score (nSPS) is 17.9. The zero-order valence-electron chi connectivity index (χ0n) is 11.1. The van der Waals surface area contributed by atoms with Gasteiger partial charge in [0.1, 0.15) is 5.75 Å². The summed E-state index contributed by atoms with van der Waals surface area (Å²) in [6, 6.07) is 7.42. The van der Waals surface area contributed by atoms with E-state index < -0.39 is 0 Å². The first-order valence-corrected chi connectivity index (χ1v) is 6.98. The molecule has 2 aliphatic rings. The van der Waals surface area contributed by atoms with Crippen LogP contribution in [-0.4, -0.2) is 37.7 Å². The van der Waals surface area contributed by atoms with Crippen LogP contribution < -0.4 is 10.1 Å². The average Bonchev–Trinajstić information content (AvgIpc) is 3.13. The quantitative estimate of drug-likeness (QED) is 0.775. The van der Waals surface area contributed by atoms with E-state index in [0.29, 0.717) is 0 Å². The molecule has 0 amide bonds. The van der Waals surface area contributed by atoms with Crippen LogP contribution in [0.4, 0.5) is 0 Å². The zero-order chi connectivity index (χ0) is 12.4. The fourth-order valence-corrected chi connectivity index (χ4v) is 2.54. The van der Waals surface area contributed by atoms with Crippen LogP contribution in [0.2, 0.25) is 0 Å². The van der Waals surface area contributed by atoms with Gasteiger partial charge in [-0.3, -0.25) is 0 Å². The van der Waals surface area contributed by atoms with E-state index >= 15 is 0 Å². The highest BCUT2D eigenvalue weighted by molar-refractivity contribution is 5.39. The summed E-state index contributed by atoms with van der Waals surface area (Å²) in [5.74, 6) is 1.08. The molecule has 18 heavy (non-hydrogen) atoms. The Balaban J connectivity index is 1.42. The Bertz CT molecular complexity index is 415. The van der Waals surface area contributed by atoms with Crippen molar-refractivity contribution in [1.29, 1.82) is 0 Å². The predicted octanol–water partition coefficient (Wildman–Crippen LogP) is 1.81. The highest BCUT2D eigenvalue weighted by Gasteiger charge is 2.25. The Morgan fingerprint density at radius 1 is 1.39 bits per heavy atom. The average molecular weight is 246 g/mol. The minimum absolute atomic E-state index is 0.846. The summed E-state index contributed by atoms with van der Waals surface area (Å²) in [6.45, 7) is 4.03. The van der Waals surface area contributed by atoms with Crippen LogP contribution in [0, 0.1) is 0 Å². The molecule has 1 fully saturated rings. The molecule has 1 heterocycles. The van der Waals surface area contributed by atoms with Gasteiger partial charge in [-0.15, -0.1) is 0 Å². The molecule has 3 heteroatoms. The van der Waals surface area contributed by atoms with Crippen molar-refractivity contribution in [2.45, 2.75) is 31.8 Å². The molecule has 3 rings (SSSR count). The summed E-state index contributed by atoms with van der Waals surface area (Å²) in [5, 5.41) is 3.52. The number of nitrogens with one attached hydrogen (secondary N) is 1. The van der Waals surface area contributed by atoms with Crippen LogP contribution >= 0.6 is 0 Å². The molecular formula is C15H22N2O. The van der Waals surface area contributed by atoms with E-state index in [1.165, 1.54) is 24.0 Å². The second-order valence-electron chi connectivity index (χ2n) is 5.43. The molecule has 0 spiro atoms. The number of hydrogen-bond donors (Lipinski definition) is 1. The molecule has 0 atom stereocenters. The predicted molar refractivity (Wildman–Crippen MR) is 73.0 cm³/mol. The molecular weight excluding hydrogens is 224 g/mol. The molecule has 1 aliphatic carbocycles. The molecule has 0 bridgehead atoms. The number of fused-ring (bicyclic) bond motifs is 1. The Morgan fingerprint density at radius 2 is 2.28 bits per heavy atom. The first-order chi connectivity index (χ1) is 8.83. The number of likely N-dealkylation sites (N-methyl/N-ethyl adjacent to an activating group) is 1. The van der Waals surface area contributed by atoms with Crippen LogP contribution in [0.5, 0.6) is 5.75 Å². The summed E-state index contributed by atoms with van der Waals surface area (Å²) >= 11 is 0. The van der Waals surface area contributed by atoms with Crippen molar-refractivity contribution in [1.82, 2.24) is 10.2 Å². The van der Waals surface area contributed by atoms with Crippen molar-refractivity contribution in [2.24, 2.45) is 0 Å². The lowest BCUT2D eigenvalue weighted by Gasteiger charge is -2.15. The second kappa shape index (κ2) is 5.29. The van der Waals surface area contributed by atoms with E-state index in [0.717, 1.165) is 44.5 Å². The first-order valence-electron chi connectivity index (χ1n) is 6.98. The molecule has 1 aromatic rings. The Labute approximate surface area is 109 Å². The van der Waals surface area contributed by atoms with E-state index in [1.54, 1.807) is 0 Å². The molecule has 0 unspecified atom stereocenters. The molecule has 3 nitrogen and oxygen atoms in total. The maximum absolute atomic E-state index is 5.52. The summed E-state index contributed by atoms with van der Waals surface area (Å²) in [7, 11) is 2.23. The van der Waals surface area contributed by atoms with Gasteiger partial charge < -0.3 is 15.0 Å². The number of ether oxygens (including phenoxy) is 1. The molecule has 98 valence electrons. The topological polar surface area (TPSA) is 24.5 Å². The summed E-state index contributed by atoms with van der Waals surface area (Å²) in [6.07, 6.45) is 3.84. The van der Waals surface area contributed by atoms with Gasteiger partial charge in [0.2, 0.25) is 0 Å². The number of hydrogen-bond acceptors (Lipinski definition) is 3. The van der Waals surface area contributed by atoms with Crippen molar-refractivity contribution >= 4 is 0 Å². The Kier molecular flexibility index (Phi) is 3.52. The highest BCUT2D eigenvalue weighted by atomic mass is 16.5. The molecule has 1 aliphatic heterocycles. The maximum Gasteiger partial charge on any atom is 0.122 e. The van der Waals surface area contributed by atoms with Gasteiger partial charge in [0.15, 0.2) is 0 Å². The van der Waals surface area contributed by atoms with E-state index in [2.05, 4.69) is 35.5 Å². The standard InChI is InChI=1S/C15H22N2O/c1-17(14-3-4-14)8-7-16-11-12-2-5-15-13(10-12)6-9-18-15/h2,5,10,14,16H,3-4,6-9,11H2,1H3. The Hall–Kier alpha value is -1.06. The molecule has 0 saturated heterocycles. The van der Waals surface area contributed by atoms with Gasteiger partial charge in [0, 0.05) is 32.1 Å². The third-order valence-electron chi connectivity index (χ3n) is 3.89. The van der Waals surface area contributed by atoms with E-state index in [9.17, 15) is 0 Å². The summed E-state index contributed by atoms with van der Waals surface area (Å²) < 4.78 is 5.52. The van der Waals surface area contributed by atoms with Crippen molar-refractivity contribution in [3.63, 3.8) is 0 Å². The van der Waals surface area contributed by atoms with Crippen molar-refractivity contribution < 1.29 is 4.74 Å². The van der Waals surface area contributed by atoms with Crippen molar-refractivity contribution in [3.05, 3.63) is 29.3 Å². The van der Waals surface area contributed by atoms with E-state index in [4.69, 9.17) is 4.74 Å². The van der Waals surface area contributed by atoms with Crippen LogP contribution in [0.3, 0.4) is 0 Å². The zero-order valence-corrected chi connectivity index (χ0v) is 11.1.